The Morgan fingerprint density at radius 3 is 2.89 bits per heavy atom. The van der Waals surface area contributed by atoms with Gasteiger partial charge in [-0.15, -0.1) is 23.1 Å². The molecule has 0 aliphatic rings. The first-order valence-electron chi connectivity index (χ1n) is 5.58. The van der Waals surface area contributed by atoms with Crippen molar-refractivity contribution in [2.24, 2.45) is 0 Å². The second kappa shape index (κ2) is 5.36. The maximum atomic E-state index is 5.96. The molecule has 0 bridgehead atoms. The molecule has 2 aromatic heterocycles. The van der Waals surface area contributed by atoms with Crippen LogP contribution in [0.1, 0.15) is 0 Å². The molecule has 0 saturated heterocycles. The van der Waals surface area contributed by atoms with E-state index in [2.05, 4.69) is 21.4 Å². The van der Waals surface area contributed by atoms with Crippen molar-refractivity contribution >= 4 is 56.4 Å². The first kappa shape index (κ1) is 12.7. The monoisotopic (exact) mass is 307 g/mol. The van der Waals surface area contributed by atoms with Crippen LogP contribution in [0.5, 0.6) is 0 Å². The molecule has 3 nitrogen and oxygen atoms in total. The summed E-state index contributed by atoms with van der Waals surface area (Å²) in [6.45, 7) is 0. The maximum absolute atomic E-state index is 5.96. The van der Waals surface area contributed by atoms with Crippen molar-refractivity contribution in [3.05, 3.63) is 41.0 Å². The summed E-state index contributed by atoms with van der Waals surface area (Å²) in [5.74, 6) is 0.756. The number of fused-ring (bicyclic) bond motifs is 1. The second-order valence-corrected chi connectivity index (χ2v) is 5.90. The number of thioether (sulfide) groups is 1. The number of rotatable bonds is 3. The van der Waals surface area contributed by atoms with Gasteiger partial charge in [-0.1, -0.05) is 12.1 Å². The summed E-state index contributed by atoms with van der Waals surface area (Å²) in [7, 11) is 0. The van der Waals surface area contributed by atoms with Crippen molar-refractivity contribution in [1.29, 1.82) is 0 Å². The molecule has 6 heteroatoms. The zero-order chi connectivity index (χ0) is 13.2. The highest BCUT2D eigenvalue weighted by atomic mass is 35.5. The van der Waals surface area contributed by atoms with Crippen molar-refractivity contribution < 1.29 is 0 Å². The Kier molecular flexibility index (Phi) is 3.59. The van der Waals surface area contributed by atoms with Crippen molar-refractivity contribution in [3.63, 3.8) is 0 Å². The quantitative estimate of drug-likeness (QED) is 0.556. The van der Waals surface area contributed by atoms with E-state index in [0.29, 0.717) is 0 Å². The Morgan fingerprint density at radius 2 is 2.05 bits per heavy atom. The third kappa shape index (κ3) is 2.54. The number of anilines is 2. The van der Waals surface area contributed by atoms with Crippen molar-refractivity contribution in [1.82, 2.24) is 9.97 Å². The molecule has 3 aromatic rings. The van der Waals surface area contributed by atoms with Crippen LogP contribution in [0.2, 0.25) is 5.28 Å². The first-order chi connectivity index (χ1) is 9.28. The van der Waals surface area contributed by atoms with Gasteiger partial charge in [-0.05, 0) is 41.4 Å². The highest BCUT2D eigenvalue weighted by molar-refractivity contribution is 7.98. The molecule has 0 saturated carbocycles. The summed E-state index contributed by atoms with van der Waals surface area (Å²) in [4.78, 5) is 9.66. The molecule has 3 rings (SSSR count). The summed E-state index contributed by atoms with van der Waals surface area (Å²) in [6, 6.07) is 10.1. The van der Waals surface area contributed by atoms with Gasteiger partial charge in [-0.2, -0.15) is 4.98 Å². The molecular weight excluding hydrogens is 298 g/mol. The number of aromatic nitrogens is 2. The Labute approximate surface area is 124 Å². The van der Waals surface area contributed by atoms with Crippen LogP contribution >= 0.6 is 34.7 Å². The van der Waals surface area contributed by atoms with Crippen LogP contribution in [0.3, 0.4) is 0 Å². The lowest BCUT2D eigenvalue weighted by molar-refractivity contribution is 1.22. The lowest BCUT2D eigenvalue weighted by Gasteiger charge is -2.10. The molecule has 2 heterocycles. The molecule has 0 aliphatic heterocycles. The van der Waals surface area contributed by atoms with E-state index in [1.54, 1.807) is 23.1 Å². The second-order valence-electron chi connectivity index (χ2n) is 3.80. The van der Waals surface area contributed by atoms with Crippen LogP contribution < -0.4 is 5.32 Å². The van der Waals surface area contributed by atoms with Gasteiger partial charge in [-0.25, -0.2) is 4.98 Å². The van der Waals surface area contributed by atoms with Crippen LogP contribution in [-0.4, -0.2) is 16.2 Å². The van der Waals surface area contributed by atoms with Crippen LogP contribution in [0, 0.1) is 0 Å². The number of benzene rings is 1. The normalized spacial score (nSPS) is 10.8. The molecular formula is C13H10ClN3S2. The molecule has 0 aliphatic carbocycles. The number of halogens is 1. The third-order valence-corrected chi connectivity index (χ3v) is 4.51. The van der Waals surface area contributed by atoms with Crippen LogP contribution in [0.15, 0.2) is 40.6 Å². The van der Waals surface area contributed by atoms with Crippen LogP contribution in [0.25, 0.3) is 10.2 Å². The van der Waals surface area contributed by atoms with E-state index >= 15 is 0 Å². The van der Waals surface area contributed by atoms with E-state index in [0.717, 1.165) is 21.7 Å². The zero-order valence-corrected chi connectivity index (χ0v) is 12.4. The number of hydrogen-bond donors (Lipinski definition) is 1. The van der Waals surface area contributed by atoms with Gasteiger partial charge in [0.2, 0.25) is 5.28 Å². The van der Waals surface area contributed by atoms with Crippen molar-refractivity contribution in [3.8, 4) is 0 Å². The topological polar surface area (TPSA) is 37.8 Å². The highest BCUT2D eigenvalue weighted by Gasteiger charge is 2.09. The summed E-state index contributed by atoms with van der Waals surface area (Å²) >= 11 is 9.25. The fraction of sp³-hybridized carbons (Fsp3) is 0.0769. The molecule has 0 atom stereocenters. The zero-order valence-electron chi connectivity index (χ0n) is 10.1. The Morgan fingerprint density at radius 1 is 1.21 bits per heavy atom. The lowest BCUT2D eigenvalue weighted by Crippen LogP contribution is -1.96. The Bertz CT molecular complexity index is 727. The molecule has 1 aromatic carbocycles. The Hall–Kier alpha value is -1.30. The molecule has 0 unspecified atom stereocenters. The summed E-state index contributed by atoms with van der Waals surface area (Å²) < 4.78 is 1.01. The van der Waals surface area contributed by atoms with Crippen molar-refractivity contribution in [2.75, 3.05) is 11.6 Å². The maximum Gasteiger partial charge on any atom is 0.224 e. The van der Waals surface area contributed by atoms with Gasteiger partial charge in [0.25, 0.3) is 0 Å². The van der Waals surface area contributed by atoms with Gasteiger partial charge in [0.15, 0.2) is 5.82 Å². The minimum Gasteiger partial charge on any atom is -0.338 e. The molecule has 19 heavy (non-hydrogen) atoms. The first-order valence-corrected chi connectivity index (χ1v) is 8.07. The highest BCUT2D eigenvalue weighted by Crippen LogP contribution is 2.32. The van der Waals surface area contributed by atoms with E-state index in [9.17, 15) is 0 Å². The van der Waals surface area contributed by atoms with E-state index in [-0.39, 0.29) is 5.28 Å². The summed E-state index contributed by atoms with van der Waals surface area (Å²) in [5.41, 5.74) is 1.90. The minimum atomic E-state index is 0.259. The van der Waals surface area contributed by atoms with E-state index in [1.807, 2.05) is 35.9 Å². The van der Waals surface area contributed by atoms with Gasteiger partial charge in [-0.3, -0.25) is 0 Å². The smallest absolute Gasteiger partial charge is 0.224 e. The van der Waals surface area contributed by atoms with Crippen molar-refractivity contribution in [2.45, 2.75) is 4.90 Å². The summed E-state index contributed by atoms with van der Waals surface area (Å²) in [6.07, 6.45) is 2.05. The molecule has 0 spiro atoms. The SMILES string of the molecule is CSc1ccccc1Nc1nc(Cl)nc2ccsc12. The molecule has 0 amide bonds. The predicted molar refractivity (Wildman–Crippen MR) is 83.9 cm³/mol. The minimum absolute atomic E-state index is 0.259. The fourth-order valence-electron chi connectivity index (χ4n) is 1.80. The van der Waals surface area contributed by atoms with Gasteiger partial charge < -0.3 is 5.32 Å². The standard InChI is InChI=1S/C13H10ClN3S2/c1-18-10-5-3-2-4-8(10)15-12-11-9(6-7-19-11)16-13(14)17-12/h2-7H,1H3,(H,15,16,17). The molecule has 0 radical (unpaired) electrons. The number of nitrogens with one attached hydrogen (secondary N) is 1. The van der Waals surface area contributed by atoms with Gasteiger partial charge in [0.05, 0.1) is 15.9 Å². The summed E-state index contributed by atoms with van der Waals surface area (Å²) in [5, 5.41) is 5.59. The van der Waals surface area contributed by atoms with E-state index < -0.39 is 0 Å². The average molecular weight is 308 g/mol. The average Bonchev–Trinajstić information content (AvgIpc) is 2.87. The van der Waals surface area contributed by atoms with Crippen LogP contribution in [-0.2, 0) is 0 Å². The van der Waals surface area contributed by atoms with Gasteiger partial charge in [0, 0.05) is 4.90 Å². The molecule has 1 N–H and O–H groups in total. The van der Waals surface area contributed by atoms with Crippen LogP contribution in [0.4, 0.5) is 11.5 Å². The largest absolute Gasteiger partial charge is 0.338 e. The third-order valence-electron chi connectivity index (χ3n) is 2.64. The fourth-order valence-corrected chi connectivity index (χ4v) is 3.30. The Balaban J connectivity index is 2.07. The number of thiophene rings is 1. The number of hydrogen-bond acceptors (Lipinski definition) is 5. The predicted octanol–water partition coefficient (Wildman–Crippen LogP) is 4.81. The number of para-hydroxylation sites is 1. The molecule has 0 fully saturated rings. The van der Waals surface area contributed by atoms with Gasteiger partial charge >= 0.3 is 0 Å². The van der Waals surface area contributed by atoms with Gasteiger partial charge in [0.1, 0.15) is 0 Å². The van der Waals surface area contributed by atoms with E-state index in [1.165, 1.54) is 4.90 Å². The number of nitrogens with zero attached hydrogens (tertiary/aromatic N) is 2. The molecule has 96 valence electrons. The van der Waals surface area contributed by atoms with E-state index in [4.69, 9.17) is 11.6 Å². The lowest BCUT2D eigenvalue weighted by atomic mass is 10.3.